The molecule has 2 aromatic rings. The van der Waals surface area contributed by atoms with E-state index in [1.54, 1.807) is 0 Å². The number of nitrogens with zero attached hydrogens (tertiary/aromatic N) is 2. The van der Waals surface area contributed by atoms with Crippen LogP contribution in [0, 0.1) is 0 Å². The molecule has 0 N–H and O–H groups in total. The van der Waals surface area contributed by atoms with Crippen LogP contribution in [0.5, 0.6) is 0 Å². The van der Waals surface area contributed by atoms with Crippen molar-refractivity contribution in [3.63, 3.8) is 0 Å². The van der Waals surface area contributed by atoms with Gasteiger partial charge in [0.15, 0.2) is 0 Å². The minimum absolute atomic E-state index is 0.117. The predicted octanol–water partition coefficient (Wildman–Crippen LogP) is 5.55. The minimum atomic E-state index is 0.117. The van der Waals surface area contributed by atoms with Crippen LogP contribution in [0.4, 0.5) is 0 Å². The van der Waals surface area contributed by atoms with Crippen LogP contribution >= 0.6 is 0 Å². The lowest BCUT2D eigenvalue weighted by Gasteiger charge is -2.25. The van der Waals surface area contributed by atoms with Crippen LogP contribution in [0.15, 0.2) is 30.5 Å². The van der Waals surface area contributed by atoms with Gasteiger partial charge in [-0.1, -0.05) is 52.8 Å². The van der Waals surface area contributed by atoms with Crippen molar-refractivity contribution in [3.05, 3.63) is 41.6 Å². The van der Waals surface area contributed by atoms with Gasteiger partial charge < -0.3 is 0 Å². The van der Waals surface area contributed by atoms with Crippen molar-refractivity contribution >= 4 is 0 Å². The monoisotopic (exact) mass is 284 g/mol. The molecule has 2 rings (SSSR count). The van der Waals surface area contributed by atoms with Gasteiger partial charge in [-0.2, -0.15) is 5.10 Å². The Bertz CT molecular complexity index is 613. The van der Waals surface area contributed by atoms with E-state index < -0.39 is 0 Å². The lowest BCUT2D eigenvalue weighted by atomic mass is 9.81. The molecule has 21 heavy (non-hydrogen) atoms. The second-order valence-electron chi connectivity index (χ2n) is 7.46. The summed E-state index contributed by atoms with van der Waals surface area (Å²) >= 11 is 0. The Labute approximate surface area is 129 Å². The molecule has 0 spiro atoms. The molecule has 0 aliphatic carbocycles. The number of rotatable bonds is 3. The third-order valence-corrected chi connectivity index (χ3v) is 3.95. The summed E-state index contributed by atoms with van der Waals surface area (Å²) in [5.74, 6) is 0.551. The maximum atomic E-state index is 4.49. The van der Waals surface area contributed by atoms with Crippen molar-refractivity contribution in [1.29, 1.82) is 0 Å². The Hall–Kier alpha value is -1.57. The van der Waals surface area contributed by atoms with E-state index in [9.17, 15) is 0 Å². The van der Waals surface area contributed by atoms with E-state index >= 15 is 0 Å². The predicted molar refractivity (Wildman–Crippen MR) is 90.8 cm³/mol. The maximum Gasteiger partial charge on any atom is 0.0688 e. The molecule has 0 atom stereocenters. The fourth-order valence-corrected chi connectivity index (χ4v) is 2.70. The largest absolute Gasteiger partial charge is 0.262 e. The van der Waals surface area contributed by atoms with Crippen molar-refractivity contribution in [3.8, 4) is 11.3 Å². The van der Waals surface area contributed by atoms with E-state index in [0.29, 0.717) is 12.0 Å². The van der Waals surface area contributed by atoms with Crippen molar-refractivity contribution in [2.24, 2.45) is 0 Å². The molecule has 2 heteroatoms. The third kappa shape index (κ3) is 3.20. The number of aromatic nitrogens is 2. The summed E-state index contributed by atoms with van der Waals surface area (Å²) in [5.41, 5.74) is 5.44. The molecule has 0 fully saturated rings. The zero-order valence-electron chi connectivity index (χ0n) is 14.4. The first-order chi connectivity index (χ1) is 9.71. The van der Waals surface area contributed by atoms with E-state index in [2.05, 4.69) is 82.5 Å². The number of hydrogen-bond donors (Lipinski definition) is 0. The van der Waals surface area contributed by atoms with Crippen molar-refractivity contribution in [1.82, 2.24) is 9.78 Å². The van der Waals surface area contributed by atoms with Gasteiger partial charge in [-0.3, -0.25) is 4.68 Å². The van der Waals surface area contributed by atoms with Gasteiger partial charge in [0.1, 0.15) is 0 Å². The molecule has 1 aromatic carbocycles. The summed E-state index contributed by atoms with van der Waals surface area (Å²) in [7, 11) is 0. The van der Waals surface area contributed by atoms with Crippen molar-refractivity contribution in [2.75, 3.05) is 0 Å². The van der Waals surface area contributed by atoms with Gasteiger partial charge in [-0.25, -0.2) is 0 Å². The van der Waals surface area contributed by atoms with Crippen LogP contribution in [-0.2, 0) is 5.41 Å². The highest BCUT2D eigenvalue weighted by Crippen LogP contribution is 2.35. The Morgan fingerprint density at radius 3 is 2.19 bits per heavy atom. The molecule has 0 bridgehead atoms. The molecule has 0 saturated carbocycles. The van der Waals surface area contributed by atoms with Crippen molar-refractivity contribution in [2.45, 2.75) is 65.8 Å². The smallest absolute Gasteiger partial charge is 0.0688 e. The highest BCUT2D eigenvalue weighted by molar-refractivity contribution is 5.66. The molecule has 0 saturated heterocycles. The van der Waals surface area contributed by atoms with Gasteiger partial charge in [0.05, 0.1) is 5.69 Å². The van der Waals surface area contributed by atoms with E-state index in [-0.39, 0.29) is 5.41 Å². The first-order valence-corrected chi connectivity index (χ1v) is 7.90. The summed E-state index contributed by atoms with van der Waals surface area (Å²) in [6, 6.07) is 9.39. The Kier molecular flexibility index (Phi) is 4.27. The van der Waals surface area contributed by atoms with E-state index in [1.807, 2.05) is 6.20 Å². The highest BCUT2D eigenvalue weighted by Gasteiger charge is 2.22. The molecule has 0 aliphatic heterocycles. The second kappa shape index (κ2) is 5.67. The molecule has 0 aliphatic rings. The van der Waals surface area contributed by atoms with Gasteiger partial charge in [-0.05, 0) is 42.4 Å². The molecule has 0 amide bonds. The molecule has 114 valence electrons. The van der Waals surface area contributed by atoms with Crippen LogP contribution in [0.3, 0.4) is 0 Å². The molecule has 2 nitrogen and oxygen atoms in total. The van der Waals surface area contributed by atoms with E-state index in [1.165, 1.54) is 22.4 Å². The lowest BCUT2D eigenvalue weighted by Crippen LogP contribution is -2.15. The zero-order valence-corrected chi connectivity index (χ0v) is 14.4. The second-order valence-corrected chi connectivity index (χ2v) is 7.46. The summed E-state index contributed by atoms with van der Waals surface area (Å²) in [4.78, 5) is 0. The van der Waals surface area contributed by atoms with E-state index in [0.717, 1.165) is 0 Å². The zero-order chi connectivity index (χ0) is 15.8. The molecule has 0 radical (unpaired) electrons. The van der Waals surface area contributed by atoms with Crippen LogP contribution in [0.2, 0.25) is 0 Å². The fourth-order valence-electron chi connectivity index (χ4n) is 2.70. The number of hydrogen-bond acceptors (Lipinski definition) is 1. The molecule has 1 aromatic heterocycles. The Balaban J connectivity index is 2.66. The fraction of sp³-hybridized carbons (Fsp3) is 0.526. The maximum absolute atomic E-state index is 4.49. The summed E-state index contributed by atoms with van der Waals surface area (Å²) in [6.07, 6.45) is 1.90. The summed E-state index contributed by atoms with van der Waals surface area (Å²) in [5, 5.41) is 4.49. The van der Waals surface area contributed by atoms with Gasteiger partial charge >= 0.3 is 0 Å². The number of benzene rings is 1. The van der Waals surface area contributed by atoms with Crippen LogP contribution < -0.4 is 0 Å². The summed E-state index contributed by atoms with van der Waals surface area (Å²) < 4.78 is 2.11. The first-order valence-electron chi connectivity index (χ1n) is 7.90. The topological polar surface area (TPSA) is 17.8 Å². The molecule has 1 heterocycles. The Morgan fingerprint density at radius 1 is 1.00 bits per heavy atom. The van der Waals surface area contributed by atoms with E-state index in [4.69, 9.17) is 0 Å². The summed E-state index contributed by atoms with van der Waals surface area (Å²) in [6.45, 7) is 15.7. The van der Waals surface area contributed by atoms with Gasteiger partial charge in [0, 0.05) is 17.8 Å². The van der Waals surface area contributed by atoms with Gasteiger partial charge in [-0.15, -0.1) is 0 Å². The van der Waals surface area contributed by atoms with Crippen molar-refractivity contribution < 1.29 is 0 Å². The average molecular weight is 284 g/mol. The first kappa shape index (κ1) is 15.8. The average Bonchev–Trinajstić information content (AvgIpc) is 2.86. The molecule has 0 unspecified atom stereocenters. The molecular weight excluding hydrogens is 256 g/mol. The standard InChI is InChI=1S/C19H28N2/c1-13(2)15-8-9-16(17(12-15)19(5,6)7)18-10-11-20-21(18)14(3)4/h8-14H,1-7H3. The van der Waals surface area contributed by atoms with Crippen LogP contribution in [-0.4, -0.2) is 9.78 Å². The van der Waals surface area contributed by atoms with Gasteiger partial charge in [0.2, 0.25) is 0 Å². The normalized spacial score (nSPS) is 12.4. The highest BCUT2D eigenvalue weighted by atomic mass is 15.3. The van der Waals surface area contributed by atoms with Gasteiger partial charge in [0.25, 0.3) is 0 Å². The lowest BCUT2D eigenvalue weighted by molar-refractivity contribution is 0.535. The minimum Gasteiger partial charge on any atom is -0.262 e. The van der Waals surface area contributed by atoms with Crippen LogP contribution in [0.1, 0.15) is 71.6 Å². The SMILES string of the molecule is CC(C)c1ccc(-c2ccnn2C(C)C)c(C(C)(C)C)c1. The van der Waals surface area contributed by atoms with Crippen LogP contribution in [0.25, 0.3) is 11.3 Å². The Morgan fingerprint density at radius 2 is 1.67 bits per heavy atom. The quantitative estimate of drug-likeness (QED) is 0.722. The third-order valence-electron chi connectivity index (χ3n) is 3.95. The molecular formula is C19H28N2.